The summed E-state index contributed by atoms with van der Waals surface area (Å²) in [5.41, 5.74) is 3.76. The summed E-state index contributed by atoms with van der Waals surface area (Å²) in [5.74, 6) is -0.999. The van der Waals surface area contributed by atoms with Gasteiger partial charge in [-0.15, -0.1) is 0 Å². The number of carbonyl (C=O) groups excluding carboxylic acids is 2. The van der Waals surface area contributed by atoms with Crippen LogP contribution in [-0.4, -0.2) is 32.0 Å². The fraction of sp³-hybridized carbons (Fsp3) is 0.333. The van der Waals surface area contributed by atoms with Crippen molar-refractivity contribution < 1.29 is 9.59 Å². The number of likely N-dealkylation sites (N-methyl/N-ethyl adjacent to an activating group) is 1. The van der Waals surface area contributed by atoms with Gasteiger partial charge >= 0.3 is 11.8 Å². The van der Waals surface area contributed by atoms with Gasteiger partial charge in [-0.1, -0.05) is 50.2 Å². The number of nitrogens with one attached hydrogen (secondary N) is 2. The normalized spacial score (nSPS) is 10.5. The molecule has 0 spiro atoms. The Balaban J connectivity index is 1.90. The molecule has 0 unspecified atom stereocenters. The molecular weight excluding hydrogens is 326 g/mol. The number of para-hydroxylation sites is 2. The van der Waals surface area contributed by atoms with E-state index in [0.717, 1.165) is 22.5 Å². The van der Waals surface area contributed by atoms with E-state index in [-0.39, 0.29) is 5.92 Å². The molecule has 0 radical (unpaired) electrons. The lowest BCUT2D eigenvalue weighted by molar-refractivity contribution is -0.136. The highest BCUT2D eigenvalue weighted by atomic mass is 16.2. The number of rotatable bonds is 6. The van der Waals surface area contributed by atoms with Crippen LogP contribution in [0.2, 0.25) is 0 Å². The van der Waals surface area contributed by atoms with Gasteiger partial charge in [0.15, 0.2) is 0 Å². The maximum atomic E-state index is 12.2. The Morgan fingerprint density at radius 3 is 2.35 bits per heavy atom. The third-order valence-corrected chi connectivity index (χ3v) is 4.30. The fourth-order valence-electron chi connectivity index (χ4n) is 2.74. The second kappa shape index (κ2) is 9.04. The van der Waals surface area contributed by atoms with Crippen molar-refractivity contribution in [1.82, 2.24) is 5.32 Å². The molecule has 2 aromatic rings. The second-order valence-corrected chi connectivity index (χ2v) is 6.66. The summed E-state index contributed by atoms with van der Waals surface area (Å²) in [7, 11) is 1.95. The summed E-state index contributed by atoms with van der Waals surface area (Å²) in [6, 6.07) is 15.7. The van der Waals surface area contributed by atoms with E-state index < -0.39 is 11.8 Å². The largest absolute Gasteiger partial charge is 0.373 e. The van der Waals surface area contributed by atoms with Gasteiger partial charge in [-0.3, -0.25) is 9.59 Å². The molecule has 0 aliphatic heterocycles. The maximum absolute atomic E-state index is 12.2. The van der Waals surface area contributed by atoms with Gasteiger partial charge in [-0.25, -0.2) is 0 Å². The number of aryl methyl sites for hydroxylation is 1. The summed E-state index contributed by atoms with van der Waals surface area (Å²) >= 11 is 0. The summed E-state index contributed by atoms with van der Waals surface area (Å²) < 4.78 is 0. The van der Waals surface area contributed by atoms with Gasteiger partial charge in [0.2, 0.25) is 0 Å². The van der Waals surface area contributed by atoms with Crippen LogP contribution in [0.25, 0.3) is 0 Å². The smallest absolute Gasteiger partial charge is 0.313 e. The highest BCUT2D eigenvalue weighted by molar-refractivity contribution is 6.39. The summed E-state index contributed by atoms with van der Waals surface area (Å²) in [6.07, 6.45) is 0. The van der Waals surface area contributed by atoms with Crippen LogP contribution in [0.5, 0.6) is 0 Å². The SMILES string of the molecule is Cc1cccc(C(C)C)c1NC(=O)C(=O)NCCN(C)c1ccccc1. The number of carbonyl (C=O) groups is 2. The zero-order valence-corrected chi connectivity index (χ0v) is 15.9. The van der Waals surface area contributed by atoms with Gasteiger partial charge in [-0.05, 0) is 36.1 Å². The molecule has 0 aliphatic rings. The zero-order valence-electron chi connectivity index (χ0n) is 15.9. The molecule has 2 aromatic carbocycles. The summed E-state index contributed by atoms with van der Waals surface area (Å²) in [6.45, 7) is 7.05. The van der Waals surface area contributed by atoms with Gasteiger partial charge < -0.3 is 15.5 Å². The maximum Gasteiger partial charge on any atom is 0.313 e. The average molecular weight is 353 g/mol. The molecule has 0 bridgehead atoms. The van der Waals surface area contributed by atoms with Crippen LogP contribution in [0.3, 0.4) is 0 Å². The van der Waals surface area contributed by atoms with Crippen molar-refractivity contribution in [2.24, 2.45) is 0 Å². The summed E-state index contributed by atoms with van der Waals surface area (Å²) in [4.78, 5) is 26.4. The number of hydrogen-bond acceptors (Lipinski definition) is 3. The van der Waals surface area contributed by atoms with Crippen LogP contribution >= 0.6 is 0 Å². The Bertz CT molecular complexity index is 757. The Hall–Kier alpha value is -2.82. The summed E-state index contributed by atoms with van der Waals surface area (Å²) in [5, 5.41) is 5.44. The van der Waals surface area contributed by atoms with E-state index in [1.807, 2.05) is 67.4 Å². The molecule has 0 aliphatic carbocycles. The quantitative estimate of drug-likeness (QED) is 0.783. The van der Waals surface area contributed by atoms with Crippen LogP contribution in [0.1, 0.15) is 30.9 Å². The van der Waals surface area contributed by atoms with Crippen molar-refractivity contribution >= 4 is 23.2 Å². The number of amides is 2. The highest BCUT2D eigenvalue weighted by Crippen LogP contribution is 2.27. The first-order chi connectivity index (χ1) is 12.4. The molecule has 0 saturated carbocycles. The first kappa shape index (κ1) is 19.5. The number of nitrogens with zero attached hydrogens (tertiary/aromatic N) is 1. The number of benzene rings is 2. The van der Waals surface area contributed by atoms with Crippen molar-refractivity contribution in [3.05, 3.63) is 59.7 Å². The number of anilines is 2. The van der Waals surface area contributed by atoms with E-state index in [9.17, 15) is 9.59 Å². The van der Waals surface area contributed by atoms with Gasteiger partial charge in [0, 0.05) is 31.5 Å². The molecule has 0 heterocycles. The van der Waals surface area contributed by atoms with Gasteiger partial charge in [0.25, 0.3) is 0 Å². The average Bonchev–Trinajstić information content (AvgIpc) is 2.63. The molecule has 0 atom stereocenters. The molecule has 0 fully saturated rings. The fourth-order valence-corrected chi connectivity index (χ4v) is 2.74. The Morgan fingerprint density at radius 2 is 1.69 bits per heavy atom. The van der Waals surface area contributed by atoms with Crippen LogP contribution in [-0.2, 0) is 9.59 Å². The van der Waals surface area contributed by atoms with Crippen molar-refractivity contribution in [2.45, 2.75) is 26.7 Å². The van der Waals surface area contributed by atoms with Crippen LogP contribution in [0, 0.1) is 6.92 Å². The zero-order chi connectivity index (χ0) is 19.1. The van der Waals surface area contributed by atoms with Crippen molar-refractivity contribution in [3.8, 4) is 0 Å². The Labute approximate surface area is 155 Å². The molecule has 2 amide bonds. The van der Waals surface area contributed by atoms with E-state index in [0.29, 0.717) is 13.1 Å². The van der Waals surface area contributed by atoms with Crippen molar-refractivity contribution in [1.29, 1.82) is 0 Å². The van der Waals surface area contributed by atoms with E-state index in [4.69, 9.17) is 0 Å². The standard InChI is InChI=1S/C21H27N3O2/c1-15(2)18-12-8-9-16(3)19(18)23-21(26)20(25)22-13-14-24(4)17-10-6-5-7-11-17/h5-12,15H,13-14H2,1-4H3,(H,22,25)(H,23,26). The predicted molar refractivity (Wildman–Crippen MR) is 107 cm³/mol. The molecular formula is C21H27N3O2. The lowest BCUT2D eigenvalue weighted by Gasteiger charge is -2.19. The van der Waals surface area contributed by atoms with Gasteiger partial charge in [0.1, 0.15) is 0 Å². The van der Waals surface area contributed by atoms with Crippen molar-refractivity contribution in [2.75, 3.05) is 30.4 Å². The van der Waals surface area contributed by atoms with E-state index >= 15 is 0 Å². The van der Waals surface area contributed by atoms with Gasteiger partial charge in [-0.2, -0.15) is 0 Å². The van der Waals surface area contributed by atoms with E-state index in [2.05, 4.69) is 24.5 Å². The molecule has 2 N–H and O–H groups in total. The molecule has 26 heavy (non-hydrogen) atoms. The molecule has 2 rings (SSSR count). The van der Waals surface area contributed by atoms with E-state index in [1.165, 1.54) is 0 Å². The first-order valence-electron chi connectivity index (χ1n) is 8.85. The third-order valence-electron chi connectivity index (χ3n) is 4.30. The molecule has 138 valence electrons. The Morgan fingerprint density at radius 1 is 1.00 bits per heavy atom. The molecule has 0 saturated heterocycles. The minimum Gasteiger partial charge on any atom is -0.373 e. The van der Waals surface area contributed by atoms with Crippen LogP contribution < -0.4 is 15.5 Å². The molecule has 5 heteroatoms. The number of hydrogen-bond donors (Lipinski definition) is 2. The second-order valence-electron chi connectivity index (χ2n) is 6.66. The lowest BCUT2D eigenvalue weighted by Crippen LogP contribution is -2.39. The lowest BCUT2D eigenvalue weighted by atomic mass is 9.98. The third kappa shape index (κ3) is 5.09. The highest BCUT2D eigenvalue weighted by Gasteiger charge is 2.17. The first-order valence-corrected chi connectivity index (χ1v) is 8.85. The van der Waals surface area contributed by atoms with E-state index in [1.54, 1.807) is 0 Å². The topological polar surface area (TPSA) is 61.4 Å². The monoisotopic (exact) mass is 353 g/mol. The van der Waals surface area contributed by atoms with Crippen molar-refractivity contribution in [3.63, 3.8) is 0 Å². The Kier molecular flexibility index (Phi) is 6.78. The molecule has 0 aromatic heterocycles. The minimum absolute atomic E-state index is 0.257. The molecule has 5 nitrogen and oxygen atoms in total. The van der Waals surface area contributed by atoms with Gasteiger partial charge in [0.05, 0.1) is 0 Å². The predicted octanol–water partition coefficient (Wildman–Crippen LogP) is 3.31. The van der Waals surface area contributed by atoms with Crippen LogP contribution in [0.4, 0.5) is 11.4 Å². The van der Waals surface area contributed by atoms with Crippen LogP contribution in [0.15, 0.2) is 48.5 Å². The minimum atomic E-state index is -0.636.